The number of nitrogens with zero attached hydrogens (tertiary/aromatic N) is 1. The molecule has 4 nitrogen and oxygen atoms in total. The molecule has 1 fully saturated rings. The van der Waals surface area contributed by atoms with Crippen molar-refractivity contribution in [3.8, 4) is 0 Å². The van der Waals surface area contributed by atoms with E-state index < -0.39 is 5.54 Å². The van der Waals surface area contributed by atoms with Crippen molar-refractivity contribution in [2.24, 2.45) is 0 Å². The summed E-state index contributed by atoms with van der Waals surface area (Å²) in [7, 11) is 0. The van der Waals surface area contributed by atoms with Crippen LogP contribution in [0, 0.1) is 20.8 Å². The molecule has 2 aromatic carbocycles. The number of nitrogens with one attached hydrogen (secondary N) is 1. The number of hydrogen-bond donors (Lipinski definition) is 1. The van der Waals surface area contributed by atoms with Gasteiger partial charge < -0.3 is 5.32 Å². The molecule has 0 radical (unpaired) electrons. The lowest BCUT2D eigenvalue weighted by atomic mass is 9.77. The summed E-state index contributed by atoms with van der Waals surface area (Å²) in [6, 6.07) is 15.6. The molecule has 2 heterocycles. The van der Waals surface area contributed by atoms with E-state index in [1.807, 2.05) is 80.1 Å². The molecule has 5 heteroatoms. The summed E-state index contributed by atoms with van der Waals surface area (Å²) < 4.78 is 0. The van der Waals surface area contributed by atoms with Gasteiger partial charge in [-0.15, -0.1) is 0 Å². The highest BCUT2D eigenvalue weighted by Gasteiger charge is 2.58. The molecule has 1 aliphatic heterocycles. The normalized spacial score (nSPS) is 18.7. The van der Waals surface area contributed by atoms with Gasteiger partial charge in [-0.2, -0.15) is 11.3 Å². The number of hydrogen-bond acceptors (Lipinski definition) is 3. The zero-order valence-corrected chi connectivity index (χ0v) is 17.0. The Morgan fingerprint density at radius 1 is 1.04 bits per heavy atom. The van der Waals surface area contributed by atoms with Crippen LogP contribution in [0.25, 0.3) is 0 Å². The Balaban J connectivity index is 1.79. The SMILES string of the molecule is Cc1ccc(N2C(=O)C[C@]2(C(=O)Nc2c(C)cccc2C)c2ccsc2)cc1. The van der Waals surface area contributed by atoms with Crippen LogP contribution in [-0.4, -0.2) is 11.8 Å². The minimum absolute atomic E-state index is 0.0493. The summed E-state index contributed by atoms with van der Waals surface area (Å²) in [5.74, 6) is -0.227. The first-order valence-corrected chi connectivity index (χ1v) is 10.2. The van der Waals surface area contributed by atoms with Crippen molar-refractivity contribution in [3.63, 3.8) is 0 Å². The molecule has 0 unspecified atom stereocenters. The third-order valence-electron chi connectivity index (χ3n) is 5.42. The van der Waals surface area contributed by atoms with Crippen LogP contribution in [0.5, 0.6) is 0 Å². The number of β-lactam (4-membered cyclic amide) rings is 1. The van der Waals surface area contributed by atoms with Gasteiger partial charge in [0.15, 0.2) is 5.54 Å². The minimum atomic E-state index is -1.03. The van der Waals surface area contributed by atoms with E-state index in [1.165, 1.54) is 11.3 Å². The molecule has 0 saturated carbocycles. The van der Waals surface area contributed by atoms with Gasteiger partial charge in [0.1, 0.15) is 0 Å². The number of benzene rings is 2. The Morgan fingerprint density at radius 3 is 2.29 bits per heavy atom. The van der Waals surface area contributed by atoms with E-state index in [0.29, 0.717) is 0 Å². The second-order valence-electron chi connectivity index (χ2n) is 7.33. The number of anilines is 2. The Bertz CT molecular complexity index is 1020. The Hall–Kier alpha value is -2.92. The van der Waals surface area contributed by atoms with E-state index in [-0.39, 0.29) is 18.2 Å². The summed E-state index contributed by atoms with van der Waals surface area (Å²) in [4.78, 5) is 27.9. The van der Waals surface area contributed by atoms with Gasteiger partial charge in [-0.25, -0.2) is 0 Å². The van der Waals surface area contributed by atoms with E-state index >= 15 is 0 Å². The maximum absolute atomic E-state index is 13.6. The molecule has 1 N–H and O–H groups in total. The first-order chi connectivity index (χ1) is 13.4. The Kier molecular flexibility index (Phi) is 4.55. The number of rotatable bonds is 4. The molecular weight excluding hydrogens is 368 g/mol. The summed E-state index contributed by atoms with van der Waals surface area (Å²) in [5.41, 5.74) is 4.48. The molecule has 1 aromatic heterocycles. The number of para-hydroxylation sites is 1. The van der Waals surface area contributed by atoms with Crippen LogP contribution in [0.3, 0.4) is 0 Å². The highest BCUT2D eigenvalue weighted by atomic mass is 32.1. The molecule has 142 valence electrons. The lowest BCUT2D eigenvalue weighted by Crippen LogP contribution is -2.67. The lowest BCUT2D eigenvalue weighted by molar-refractivity contribution is -0.137. The molecule has 0 spiro atoms. The Morgan fingerprint density at radius 2 is 1.71 bits per heavy atom. The van der Waals surface area contributed by atoms with Crippen molar-refractivity contribution < 1.29 is 9.59 Å². The number of amides is 2. The highest BCUT2D eigenvalue weighted by Crippen LogP contribution is 2.46. The van der Waals surface area contributed by atoms with E-state index in [9.17, 15) is 9.59 Å². The van der Waals surface area contributed by atoms with Crippen LogP contribution >= 0.6 is 11.3 Å². The topological polar surface area (TPSA) is 49.4 Å². The number of carbonyl (C=O) groups excluding carboxylic acids is 2. The van der Waals surface area contributed by atoms with Crippen LogP contribution in [0.4, 0.5) is 11.4 Å². The standard InChI is InChI=1S/C23H22N2O2S/c1-15-7-9-19(10-8-15)25-20(26)13-23(25,18-11-12-28-14-18)22(27)24-21-16(2)5-4-6-17(21)3/h4-12,14H,13H2,1-3H3,(H,24,27)/t23-/m1/s1. The molecule has 0 aliphatic carbocycles. The molecule has 3 aromatic rings. The van der Waals surface area contributed by atoms with Crippen LogP contribution in [0.15, 0.2) is 59.3 Å². The summed E-state index contributed by atoms with van der Waals surface area (Å²) in [6.45, 7) is 5.95. The van der Waals surface area contributed by atoms with E-state index in [0.717, 1.165) is 33.6 Å². The molecule has 28 heavy (non-hydrogen) atoms. The third kappa shape index (κ3) is 2.83. The first kappa shape index (κ1) is 18.4. The zero-order valence-electron chi connectivity index (χ0n) is 16.2. The average Bonchev–Trinajstić information content (AvgIpc) is 3.19. The fourth-order valence-corrected chi connectivity index (χ4v) is 4.55. The predicted molar refractivity (Wildman–Crippen MR) is 114 cm³/mol. The summed E-state index contributed by atoms with van der Waals surface area (Å²) in [6.07, 6.45) is 0.161. The maximum atomic E-state index is 13.6. The van der Waals surface area contributed by atoms with Gasteiger partial charge >= 0.3 is 0 Å². The fourth-order valence-electron chi connectivity index (χ4n) is 3.83. The molecule has 4 rings (SSSR count). The number of aryl methyl sites for hydroxylation is 3. The quantitative estimate of drug-likeness (QED) is 0.641. The van der Waals surface area contributed by atoms with Gasteiger partial charge in [0, 0.05) is 11.4 Å². The van der Waals surface area contributed by atoms with Gasteiger partial charge in [0.25, 0.3) is 5.91 Å². The van der Waals surface area contributed by atoms with Gasteiger partial charge in [0.2, 0.25) is 5.91 Å². The van der Waals surface area contributed by atoms with Gasteiger partial charge in [-0.3, -0.25) is 14.5 Å². The molecule has 0 bridgehead atoms. The largest absolute Gasteiger partial charge is 0.323 e. The summed E-state index contributed by atoms with van der Waals surface area (Å²) in [5, 5.41) is 7.01. The van der Waals surface area contributed by atoms with Crippen LogP contribution in [0.1, 0.15) is 28.7 Å². The average molecular weight is 391 g/mol. The van der Waals surface area contributed by atoms with Gasteiger partial charge in [-0.1, -0.05) is 35.9 Å². The van der Waals surface area contributed by atoms with Crippen LogP contribution in [-0.2, 0) is 15.1 Å². The van der Waals surface area contributed by atoms with Gasteiger partial charge in [0.05, 0.1) is 6.42 Å². The molecule has 1 aliphatic rings. The predicted octanol–water partition coefficient (Wildman–Crippen LogP) is 4.94. The van der Waals surface area contributed by atoms with Crippen LogP contribution in [0.2, 0.25) is 0 Å². The molecule has 1 saturated heterocycles. The smallest absolute Gasteiger partial charge is 0.255 e. The lowest BCUT2D eigenvalue weighted by Gasteiger charge is -2.50. The monoisotopic (exact) mass is 390 g/mol. The molecular formula is C23H22N2O2S. The van der Waals surface area contributed by atoms with E-state index in [4.69, 9.17) is 0 Å². The fraction of sp³-hybridized carbons (Fsp3) is 0.217. The first-order valence-electron chi connectivity index (χ1n) is 9.23. The van der Waals surface area contributed by atoms with Gasteiger partial charge in [-0.05, 0) is 66.4 Å². The van der Waals surface area contributed by atoms with E-state index in [1.54, 1.807) is 4.90 Å². The molecule has 2 amide bonds. The second-order valence-corrected chi connectivity index (χ2v) is 8.11. The molecule has 1 atom stereocenters. The zero-order chi connectivity index (χ0) is 19.9. The van der Waals surface area contributed by atoms with Crippen molar-refractivity contribution >= 4 is 34.5 Å². The van der Waals surface area contributed by atoms with Crippen molar-refractivity contribution in [1.82, 2.24) is 0 Å². The Labute approximate surface area is 168 Å². The number of carbonyl (C=O) groups is 2. The minimum Gasteiger partial charge on any atom is -0.323 e. The van der Waals surface area contributed by atoms with Crippen molar-refractivity contribution in [2.75, 3.05) is 10.2 Å². The van der Waals surface area contributed by atoms with Crippen LogP contribution < -0.4 is 10.2 Å². The van der Waals surface area contributed by atoms with E-state index in [2.05, 4.69) is 5.32 Å². The second kappa shape index (κ2) is 6.91. The third-order valence-corrected chi connectivity index (χ3v) is 6.11. The highest BCUT2D eigenvalue weighted by molar-refractivity contribution is 7.08. The van der Waals surface area contributed by atoms with Crippen molar-refractivity contribution in [3.05, 3.63) is 81.5 Å². The maximum Gasteiger partial charge on any atom is 0.255 e. The van der Waals surface area contributed by atoms with Crippen molar-refractivity contribution in [2.45, 2.75) is 32.7 Å². The van der Waals surface area contributed by atoms with Crippen molar-refractivity contribution in [1.29, 1.82) is 0 Å². The number of thiophene rings is 1. The summed E-state index contributed by atoms with van der Waals surface area (Å²) >= 11 is 1.53.